The molecule has 0 aromatic heterocycles. The second-order valence-electron chi connectivity index (χ2n) is 2.42. The van der Waals surface area contributed by atoms with Crippen molar-refractivity contribution in [2.75, 3.05) is 0 Å². The molecule has 0 fully saturated rings. The Morgan fingerprint density at radius 3 is 2.22 bits per heavy atom. The summed E-state index contributed by atoms with van der Waals surface area (Å²) in [6, 6.07) is 0. The molecule has 0 radical (unpaired) electrons. The van der Waals surface area contributed by atoms with E-state index in [0.29, 0.717) is 0 Å². The Morgan fingerprint density at radius 2 is 1.89 bits per heavy atom. The average Bonchev–Trinajstić information content (AvgIpc) is 1.83. The van der Waals surface area contributed by atoms with Crippen molar-refractivity contribution < 1.29 is 12.4 Å². The van der Waals surface area contributed by atoms with Gasteiger partial charge in [-0.2, -0.15) is 0 Å². The third kappa shape index (κ3) is 9.06. The van der Waals surface area contributed by atoms with Gasteiger partial charge in [0, 0.05) is 0 Å². The van der Waals surface area contributed by atoms with Crippen LogP contribution in [0.1, 0.15) is 39.5 Å². The fourth-order valence-electron chi connectivity index (χ4n) is 0.697. The number of halogens is 1. The molecule has 0 amide bonds. The van der Waals surface area contributed by atoms with E-state index < -0.39 is 0 Å². The Hall–Kier alpha value is 1.06. The fourth-order valence-corrected chi connectivity index (χ4v) is 0.986. The first-order valence-electron chi connectivity index (χ1n) is 3.64. The van der Waals surface area contributed by atoms with Crippen LogP contribution in [0, 0.1) is 0 Å². The molecule has 0 heterocycles. The van der Waals surface area contributed by atoms with E-state index in [9.17, 15) is 0 Å². The average molecular weight is 159 g/mol. The van der Waals surface area contributed by atoms with E-state index in [1.54, 1.807) is 0 Å². The second kappa shape index (κ2) is 9.06. The minimum absolute atomic E-state index is 0. The molecular weight excluding hydrogens is 144 g/mol. The van der Waals surface area contributed by atoms with Crippen LogP contribution in [0.2, 0.25) is 4.05 Å². The van der Waals surface area contributed by atoms with Gasteiger partial charge in [0.1, 0.15) is 0 Å². The number of hydrogen-bond acceptors (Lipinski definition) is 0. The zero-order valence-electron chi connectivity index (χ0n) is 6.49. The van der Waals surface area contributed by atoms with Crippen LogP contribution in [-0.2, 0) is 0 Å². The maximum atomic E-state index is 2.27. The largest absolute Gasteiger partial charge is 1.00 e. The van der Waals surface area contributed by atoms with Crippen LogP contribution in [0.5, 0.6) is 0 Å². The van der Waals surface area contributed by atoms with Crippen LogP contribution in [-0.4, -0.2) is 21.7 Å². The Morgan fingerprint density at radius 1 is 1.33 bits per heavy atom. The van der Waals surface area contributed by atoms with Crippen molar-refractivity contribution in [1.82, 2.24) is 0 Å². The molecule has 2 heteroatoms. The van der Waals surface area contributed by atoms with Gasteiger partial charge in [0.15, 0.2) is 0 Å². The van der Waals surface area contributed by atoms with Crippen molar-refractivity contribution in [3.8, 4) is 0 Å². The zero-order valence-corrected chi connectivity index (χ0v) is 8.66. The van der Waals surface area contributed by atoms with Gasteiger partial charge < -0.3 is 12.4 Å². The fraction of sp³-hybridized carbons (Fsp3) is 1.00. The third-order valence-corrected chi connectivity index (χ3v) is 2.53. The predicted molar refractivity (Wildman–Crippen MR) is 39.3 cm³/mol. The van der Waals surface area contributed by atoms with Gasteiger partial charge in [-0.05, 0) is 0 Å². The quantitative estimate of drug-likeness (QED) is 0.487. The number of unbranched alkanes of at least 4 members (excludes halogenated alkanes) is 1. The molecule has 0 aliphatic carbocycles. The summed E-state index contributed by atoms with van der Waals surface area (Å²) in [5.41, 5.74) is 0. The van der Waals surface area contributed by atoms with E-state index in [1.807, 2.05) is 0 Å². The molecule has 1 unspecified atom stereocenters. The van der Waals surface area contributed by atoms with Crippen molar-refractivity contribution in [2.45, 2.75) is 43.6 Å². The van der Waals surface area contributed by atoms with Gasteiger partial charge in [0.05, 0.1) is 0 Å². The van der Waals surface area contributed by atoms with Gasteiger partial charge in [-0.1, -0.05) is 0 Å². The summed E-state index contributed by atoms with van der Waals surface area (Å²) >= 11 is 2.14. The van der Waals surface area contributed by atoms with E-state index in [0.717, 1.165) is 4.05 Å². The molecule has 0 aliphatic rings. The normalized spacial score (nSPS) is 12.4. The SMILES string of the molecule is CCCC[CH]([Mg+])CC.[Cl-]. The monoisotopic (exact) mass is 158 g/mol. The van der Waals surface area contributed by atoms with Gasteiger partial charge >= 0.3 is 65.3 Å². The molecule has 0 saturated heterocycles. The summed E-state index contributed by atoms with van der Waals surface area (Å²) < 4.78 is 0.981. The molecular formula is C7H15ClMg. The van der Waals surface area contributed by atoms with E-state index in [4.69, 9.17) is 0 Å². The van der Waals surface area contributed by atoms with Gasteiger partial charge in [-0.25, -0.2) is 0 Å². The van der Waals surface area contributed by atoms with Crippen molar-refractivity contribution in [2.24, 2.45) is 0 Å². The summed E-state index contributed by atoms with van der Waals surface area (Å²) in [7, 11) is 0. The molecule has 0 spiro atoms. The predicted octanol–water partition coefficient (Wildman–Crippen LogP) is -0.452. The third-order valence-electron chi connectivity index (χ3n) is 1.54. The van der Waals surface area contributed by atoms with Gasteiger partial charge in [-0.3, -0.25) is 0 Å². The summed E-state index contributed by atoms with van der Waals surface area (Å²) in [5, 5.41) is 0. The topological polar surface area (TPSA) is 0 Å². The number of rotatable bonds is 4. The summed E-state index contributed by atoms with van der Waals surface area (Å²) in [4.78, 5) is 0. The van der Waals surface area contributed by atoms with E-state index >= 15 is 0 Å². The molecule has 0 aliphatic heterocycles. The molecule has 0 aromatic rings. The molecule has 0 aromatic carbocycles. The zero-order chi connectivity index (χ0) is 6.41. The van der Waals surface area contributed by atoms with Crippen LogP contribution >= 0.6 is 0 Å². The molecule has 0 bridgehead atoms. The molecule has 0 nitrogen and oxygen atoms in total. The Labute approximate surface area is 77.6 Å². The summed E-state index contributed by atoms with van der Waals surface area (Å²) in [6.07, 6.45) is 5.57. The van der Waals surface area contributed by atoms with Crippen molar-refractivity contribution >= 4 is 21.7 Å². The van der Waals surface area contributed by atoms with Gasteiger partial charge in [-0.15, -0.1) is 0 Å². The first-order valence-corrected chi connectivity index (χ1v) is 4.46. The van der Waals surface area contributed by atoms with Crippen LogP contribution in [0.4, 0.5) is 0 Å². The van der Waals surface area contributed by atoms with Gasteiger partial charge in [0.25, 0.3) is 0 Å². The summed E-state index contributed by atoms with van der Waals surface area (Å²) in [5.74, 6) is 0. The maximum Gasteiger partial charge on any atom is -1.00 e. The van der Waals surface area contributed by atoms with E-state index in [-0.39, 0.29) is 12.4 Å². The molecule has 0 N–H and O–H groups in total. The van der Waals surface area contributed by atoms with Gasteiger partial charge in [0.2, 0.25) is 0 Å². The smallest absolute Gasteiger partial charge is 1.00 e. The standard InChI is InChI=1S/C7H15.ClH.Mg/c1-3-5-7-6-4-2;;/h5H,3-4,6-7H2,1-2H3;1H;/q;;+1/p-1. The van der Waals surface area contributed by atoms with Crippen LogP contribution in [0.25, 0.3) is 0 Å². The molecule has 1 atom stereocenters. The number of hydrogen-bond donors (Lipinski definition) is 0. The van der Waals surface area contributed by atoms with Crippen molar-refractivity contribution in [1.29, 1.82) is 0 Å². The van der Waals surface area contributed by atoms with Crippen LogP contribution in [0.15, 0.2) is 0 Å². The van der Waals surface area contributed by atoms with Crippen LogP contribution < -0.4 is 12.4 Å². The Bertz CT molecular complexity index is 48.2. The first-order chi connectivity index (χ1) is 3.81. The van der Waals surface area contributed by atoms with Crippen molar-refractivity contribution in [3.05, 3.63) is 0 Å². The van der Waals surface area contributed by atoms with E-state index in [2.05, 4.69) is 35.6 Å². The van der Waals surface area contributed by atoms with Crippen molar-refractivity contribution in [3.63, 3.8) is 0 Å². The molecule has 0 saturated carbocycles. The second-order valence-corrected chi connectivity index (χ2v) is 3.57. The molecule has 9 heavy (non-hydrogen) atoms. The molecule has 0 rings (SSSR count). The molecule has 52 valence electrons. The Kier molecular flexibility index (Phi) is 12.8. The maximum absolute atomic E-state index is 2.27. The first kappa shape index (κ1) is 12.7. The minimum atomic E-state index is 0. The van der Waals surface area contributed by atoms with E-state index in [1.165, 1.54) is 25.7 Å². The minimum Gasteiger partial charge on any atom is -1.00 e. The van der Waals surface area contributed by atoms with Crippen LogP contribution in [0.3, 0.4) is 0 Å². The Balaban J connectivity index is 0. The summed E-state index contributed by atoms with van der Waals surface area (Å²) in [6.45, 7) is 4.53.